The highest BCUT2D eigenvalue weighted by Crippen LogP contribution is 2.25. The first-order valence-electron chi connectivity index (χ1n) is 6.93. The second-order valence-electron chi connectivity index (χ2n) is 5.52. The summed E-state index contributed by atoms with van der Waals surface area (Å²) in [6.07, 6.45) is 1.74. The zero-order chi connectivity index (χ0) is 15.6. The molecule has 0 fully saturated rings. The molecular weight excluding hydrogens is 288 g/mol. The lowest BCUT2D eigenvalue weighted by Crippen LogP contribution is -2.44. The maximum Gasteiger partial charge on any atom is 0.240 e. The van der Waals surface area contributed by atoms with Gasteiger partial charge in [0.2, 0.25) is 5.91 Å². The minimum Gasteiger partial charge on any atom is -0.344 e. The Kier molecular flexibility index (Phi) is 4.68. The molecule has 0 spiro atoms. The van der Waals surface area contributed by atoms with Gasteiger partial charge in [-0.15, -0.1) is 0 Å². The van der Waals surface area contributed by atoms with E-state index in [9.17, 15) is 9.59 Å². The number of amides is 1. The highest BCUT2D eigenvalue weighted by atomic mass is 35.5. The summed E-state index contributed by atoms with van der Waals surface area (Å²) in [4.78, 5) is 23.7. The molecule has 1 heterocycles. The third kappa shape index (κ3) is 3.45. The zero-order valence-corrected chi connectivity index (χ0v) is 13.1. The maximum absolute atomic E-state index is 12.2. The van der Waals surface area contributed by atoms with Crippen molar-refractivity contribution in [3.63, 3.8) is 0 Å². The molecule has 0 radical (unpaired) electrons. The van der Waals surface area contributed by atoms with Gasteiger partial charge in [0.25, 0.3) is 0 Å². The summed E-state index contributed by atoms with van der Waals surface area (Å²) in [6.45, 7) is 5.46. The van der Waals surface area contributed by atoms with Gasteiger partial charge in [0, 0.05) is 11.6 Å². The van der Waals surface area contributed by atoms with Crippen molar-refractivity contribution in [1.29, 1.82) is 0 Å². The van der Waals surface area contributed by atoms with Crippen molar-refractivity contribution in [3.8, 4) is 0 Å². The number of carbonyl (C=O) groups excluding carboxylic acids is 2. The highest BCUT2D eigenvalue weighted by molar-refractivity contribution is 6.35. The monoisotopic (exact) mass is 306 g/mol. The van der Waals surface area contributed by atoms with Crippen molar-refractivity contribution in [2.45, 2.75) is 33.4 Å². The summed E-state index contributed by atoms with van der Waals surface area (Å²) in [7, 11) is 0. The Morgan fingerprint density at radius 3 is 2.57 bits per heavy atom. The molecule has 1 aromatic heterocycles. The van der Waals surface area contributed by atoms with E-state index in [2.05, 4.69) is 5.32 Å². The lowest BCUT2D eigenvalue weighted by molar-refractivity contribution is -0.128. The van der Waals surface area contributed by atoms with Gasteiger partial charge < -0.3 is 9.88 Å². The predicted molar refractivity (Wildman–Crippen MR) is 84.4 cm³/mol. The van der Waals surface area contributed by atoms with E-state index in [4.69, 9.17) is 11.6 Å². The van der Waals surface area contributed by atoms with Crippen molar-refractivity contribution in [1.82, 2.24) is 9.88 Å². The number of hydrogen-bond acceptors (Lipinski definition) is 2. The van der Waals surface area contributed by atoms with Crippen LogP contribution < -0.4 is 5.32 Å². The SMILES string of the molecule is CC(=O)C(NC(=O)Cn1cc(Cl)c2ccccc21)C(C)C. The standard InChI is InChI=1S/C16H19ClN2O2/c1-10(2)16(11(3)20)18-15(21)9-19-8-13(17)12-6-4-5-7-14(12)19/h4-8,10,16H,9H2,1-3H3,(H,18,21). The number of ketones is 1. The molecule has 1 N–H and O–H groups in total. The molecule has 1 amide bonds. The van der Waals surface area contributed by atoms with E-state index in [0.717, 1.165) is 10.9 Å². The molecule has 0 aliphatic rings. The summed E-state index contributed by atoms with van der Waals surface area (Å²) in [6, 6.07) is 7.19. The fourth-order valence-corrected chi connectivity index (χ4v) is 2.72. The number of para-hydroxylation sites is 1. The van der Waals surface area contributed by atoms with Crippen LogP contribution in [0.3, 0.4) is 0 Å². The van der Waals surface area contributed by atoms with Gasteiger partial charge in [-0.2, -0.15) is 0 Å². The Morgan fingerprint density at radius 2 is 1.95 bits per heavy atom. The van der Waals surface area contributed by atoms with Gasteiger partial charge in [-0.05, 0) is 18.9 Å². The highest BCUT2D eigenvalue weighted by Gasteiger charge is 2.21. The molecule has 1 atom stereocenters. The van der Waals surface area contributed by atoms with Gasteiger partial charge >= 0.3 is 0 Å². The molecular formula is C16H19ClN2O2. The number of rotatable bonds is 5. The maximum atomic E-state index is 12.2. The molecule has 0 saturated carbocycles. The zero-order valence-electron chi connectivity index (χ0n) is 12.4. The third-order valence-corrected chi connectivity index (χ3v) is 3.78. The third-order valence-electron chi connectivity index (χ3n) is 3.48. The fraction of sp³-hybridized carbons (Fsp3) is 0.375. The van der Waals surface area contributed by atoms with Crippen LogP contribution in [0.2, 0.25) is 5.02 Å². The molecule has 112 valence electrons. The van der Waals surface area contributed by atoms with Crippen molar-refractivity contribution >= 4 is 34.2 Å². The second-order valence-corrected chi connectivity index (χ2v) is 5.93. The van der Waals surface area contributed by atoms with E-state index in [0.29, 0.717) is 5.02 Å². The summed E-state index contributed by atoms with van der Waals surface area (Å²) in [5.74, 6) is -0.161. The van der Waals surface area contributed by atoms with Gasteiger partial charge in [0.05, 0.1) is 16.6 Å². The van der Waals surface area contributed by atoms with Crippen molar-refractivity contribution in [2.24, 2.45) is 5.92 Å². The van der Waals surface area contributed by atoms with Crippen LogP contribution in [0.25, 0.3) is 10.9 Å². The summed E-state index contributed by atoms with van der Waals surface area (Å²) >= 11 is 6.16. The first kappa shape index (κ1) is 15.6. The Balaban J connectivity index is 2.17. The molecule has 1 unspecified atom stereocenters. The first-order valence-corrected chi connectivity index (χ1v) is 7.31. The van der Waals surface area contributed by atoms with Crippen molar-refractivity contribution < 1.29 is 9.59 Å². The molecule has 0 saturated heterocycles. The smallest absolute Gasteiger partial charge is 0.240 e. The largest absolute Gasteiger partial charge is 0.344 e. The number of nitrogens with zero attached hydrogens (tertiary/aromatic N) is 1. The van der Waals surface area contributed by atoms with E-state index >= 15 is 0 Å². The number of benzene rings is 1. The molecule has 0 bridgehead atoms. The molecule has 2 aromatic rings. The summed E-state index contributed by atoms with van der Waals surface area (Å²) in [5.41, 5.74) is 0.904. The predicted octanol–water partition coefficient (Wildman–Crippen LogP) is 3.02. The van der Waals surface area contributed by atoms with Gasteiger partial charge in [-0.3, -0.25) is 9.59 Å². The Morgan fingerprint density at radius 1 is 1.29 bits per heavy atom. The van der Waals surface area contributed by atoms with Gasteiger partial charge in [-0.25, -0.2) is 0 Å². The number of aromatic nitrogens is 1. The molecule has 1 aromatic carbocycles. The minimum atomic E-state index is -0.449. The van der Waals surface area contributed by atoms with Gasteiger partial charge in [0.15, 0.2) is 5.78 Å². The van der Waals surface area contributed by atoms with E-state index in [1.807, 2.05) is 38.1 Å². The molecule has 0 aliphatic carbocycles. The van der Waals surface area contributed by atoms with Crippen LogP contribution >= 0.6 is 11.6 Å². The quantitative estimate of drug-likeness (QED) is 0.923. The van der Waals surface area contributed by atoms with Crippen LogP contribution in [0.4, 0.5) is 0 Å². The van der Waals surface area contributed by atoms with Crippen LogP contribution in [0.1, 0.15) is 20.8 Å². The fourth-order valence-electron chi connectivity index (χ4n) is 2.44. The second kappa shape index (κ2) is 6.31. The topological polar surface area (TPSA) is 51.1 Å². The number of hydrogen-bond donors (Lipinski definition) is 1. The van der Waals surface area contributed by atoms with E-state index in [1.54, 1.807) is 10.8 Å². The lowest BCUT2D eigenvalue weighted by atomic mass is 10.0. The van der Waals surface area contributed by atoms with Crippen molar-refractivity contribution in [3.05, 3.63) is 35.5 Å². The first-order chi connectivity index (χ1) is 9.90. The Hall–Kier alpha value is -1.81. The number of fused-ring (bicyclic) bond motifs is 1. The van der Waals surface area contributed by atoms with Gasteiger partial charge in [-0.1, -0.05) is 43.6 Å². The Labute approximate surface area is 129 Å². The average Bonchev–Trinajstić information content (AvgIpc) is 2.73. The van der Waals surface area contributed by atoms with Crippen LogP contribution in [-0.2, 0) is 16.1 Å². The molecule has 4 nitrogen and oxygen atoms in total. The number of Topliss-reactive ketones (excluding diaryl/α,β-unsaturated/α-hetero) is 1. The minimum absolute atomic E-state index is 0.0336. The number of halogens is 1. The molecule has 0 aliphatic heterocycles. The van der Waals surface area contributed by atoms with Crippen LogP contribution in [0, 0.1) is 5.92 Å². The lowest BCUT2D eigenvalue weighted by Gasteiger charge is -2.19. The summed E-state index contributed by atoms with van der Waals surface area (Å²) < 4.78 is 1.80. The van der Waals surface area contributed by atoms with Crippen LogP contribution in [0.15, 0.2) is 30.5 Å². The molecule has 21 heavy (non-hydrogen) atoms. The average molecular weight is 307 g/mol. The van der Waals surface area contributed by atoms with Crippen LogP contribution in [-0.4, -0.2) is 22.3 Å². The number of nitrogens with one attached hydrogen (secondary N) is 1. The van der Waals surface area contributed by atoms with Gasteiger partial charge in [0.1, 0.15) is 6.54 Å². The number of carbonyl (C=O) groups is 2. The van der Waals surface area contributed by atoms with E-state index < -0.39 is 6.04 Å². The normalized spacial score (nSPS) is 12.6. The van der Waals surface area contributed by atoms with E-state index in [1.165, 1.54) is 6.92 Å². The van der Waals surface area contributed by atoms with Crippen LogP contribution in [0.5, 0.6) is 0 Å². The molecule has 5 heteroatoms. The van der Waals surface area contributed by atoms with E-state index in [-0.39, 0.29) is 24.2 Å². The Bertz CT molecular complexity index is 676. The molecule has 2 rings (SSSR count). The van der Waals surface area contributed by atoms with Crippen molar-refractivity contribution in [2.75, 3.05) is 0 Å². The summed E-state index contributed by atoms with van der Waals surface area (Å²) in [5, 5.41) is 4.32.